The zero-order valence-electron chi connectivity index (χ0n) is 46.8. The largest absolute Gasteiger partial charge is 0.524 e. The molecular formula is C60H61Cl2N6O15PS2. The van der Waals surface area contributed by atoms with Crippen LogP contribution in [0.25, 0.3) is 21.5 Å². The molecule has 5 aromatic carbocycles. The van der Waals surface area contributed by atoms with Crippen LogP contribution in [-0.2, 0) is 44.7 Å². The number of unbranched alkanes of at least 4 members (excludes halogenated alkanes) is 2. The molecule has 3 aliphatic heterocycles. The number of carboxylic acid groups (broad SMARTS) is 1. The van der Waals surface area contributed by atoms with Crippen LogP contribution in [0.1, 0.15) is 73.5 Å². The summed E-state index contributed by atoms with van der Waals surface area (Å²) in [6.45, 7) is 0.938. The highest BCUT2D eigenvalue weighted by molar-refractivity contribution is 8.76. The molecule has 6 aliphatic rings. The number of amides is 7. The van der Waals surface area contributed by atoms with Crippen molar-refractivity contribution in [2.75, 3.05) is 74.1 Å². The number of halogens is 2. The Morgan fingerprint density at radius 3 is 1.80 bits per heavy atom. The maximum atomic E-state index is 15.1. The zero-order valence-corrected chi connectivity index (χ0v) is 50.8. The predicted octanol–water partition coefficient (Wildman–Crippen LogP) is 9.17. The minimum Gasteiger partial charge on any atom is -0.480 e. The summed E-state index contributed by atoms with van der Waals surface area (Å²) in [6.07, 6.45) is 4.16. The fourth-order valence-corrected chi connectivity index (χ4v) is 16.3. The standard InChI is InChI=1S/C60H61Cl2N6O15PS2/c1-64(56(76)81-30-35-15-17-38(18-16-35)86-85-31-43(53(72)73)63-48(69)14-4-3-9-21-66-49(70)19-20-50(66)71)22-23-65(2)57(77)82-46-24-44-51(41-12-7-5-10-39(41)46)36(26-61)28-67(44)54(74)58-32-59(34-60(58,59)33-58)55(75)68-29-37(27-62)52-42-13-8-6-11-40(42)47(25-45(52)68)83-84(78,79)80/h5-8,10-13,15-20,24-25,36-37,43H,3-4,9,14,21-23,26-34H2,1-2H3,(H,63,69)(H,72,73)(H2,78,79,80). The molecule has 26 heteroatoms. The lowest BCUT2D eigenvalue weighted by Crippen LogP contribution is -2.49. The van der Waals surface area contributed by atoms with Gasteiger partial charge in [0.05, 0.1) is 22.2 Å². The Bertz CT molecular complexity index is 3710. The van der Waals surface area contributed by atoms with Gasteiger partial charge in [0, 0.05) is 128 Å². The van der Waals surface area contributed by atoms with Gasteiger partial charge < -0.3 is 44.0 Å². The summed E-state index contributed by atoms with van der Waals surface area (Å²) in [5, 5.41) is 14.9. The van der Waals surface area contributed by atoms with E-state index in [0.29, 0.717) is 71.6 Å². The summed E-state index contributed by atoms with van der Waals surface area (Å²) >= 11 is 13.2. The van der Waals surface area contributed by atoms with Gasteiger partial charge in [0.1, 0.15) is 24.1 Å². The number of carbonyl (C=O) groups excluding carboxylic acids is 7. The molecule has 6 atom stereocenters. The first-order valence-corrected chi connectivity index (χ1v) is 32.9. The van der Waals surface area contributed by atoms with E-state index in [1.165, 1.54) is 49.6 Å². The average Bonchev–Trinajstić information content (AvgIpc) is 1.40. The van der Waals surface area contributed by atoms with Crippen molar-refractivity contribution in [1.29, 1.82) is 0 Å². The van der Waals surface area contributed by atoms with Gasteiger partial charge in [-0.05, 0) is 71.7 Å². The molecule has 0 bridgehead atoms. The number of fused-ring (bicyclic) bond motifs is 6. The smallest absolute Gasteiger partial charge is 0.480 e. The third-order valence-electron chi connectivity index (χ3n) is 17.6. The molecule has 11 rings (SSSR count). The van der Waals surface area contributed by atoms with Crippen LogP contribution in [0.3, 0.4) is 0 Å². The normalized spacial score (nSPS) is 22.4. The highest BCUT2D eigenvalue weighted by Gasteiger charge is 3.01. The van der Waals surface area contributed by atoms with Crippen LogP contribution < -0.4 is 24.4 Å². The van der Waals surface area contributed by atoms with Crippen molar-refractivity contribution in [2.24, 2.45) is 16.2 Å². The second-order valence-electron chi connectivity index (χ2n) is 22.8. The van der Waals surface area contributed by atoms with Crippen molar-refractivity contribution in [3.63, 3.8) is 0 Å². The zero-order chi connectivity index (χ0) is 61.0. The van der Waals surface area contributed by atoms with Crippen molar-refractivity contribution in [3.8, 4) is 11.5 Å². The summed E-state index contributed by atoms with van der Waals surface area (Å²) in [7, 11) is 0.698. The van der Waals surface area contributed by atoms with E-state index in [4.69, 9.17) is 37.2 Å². The number of anilines is 2. The number of aliphatic carboxylic acids is 1. The summed E-state index contributed by atoms with van der Waals surface area (Å²) in [4.78, 5) is 132. The molecule has 1 spiro atoms. The highest BCUT2D eigenvalue weighted by Crippen LogP contribution is 3.01. The first kappa shape index (κ1) is 60.8. The van der Waals surface area contributed by atoms with Gasteiger partial charge in [-0.2, -0.15) is 0 Å². The van der Waals surface area contributed by atoms with E-state index in [2.05, 4.69) is 5.32 Å². The molecule has 3 aliphatic carbocycles. The number of ether oxygens (including phenoxy) is 2. The van der Waals surface area contributed by atoms with Crippen LogP contribution >= 0.6 is 52.6 Å². The SMILES string of the molecule is CN(CCN(C)C(=O)Oc1cc2c(c3ccccc13)C(CCl)CN2C(=O)C12CC3(C(=O)N4CC(CCl)c5c4cc(OP(=O)(O)O)c4ccccc54)CC13C2)C(=O)OCc1ccc(SSCC(NC(=O)CCCCCN2C(=O)C=CC2=O)C(=O)O)cc1. The van der Waals surface area contributed by atoms with E-state index >= 15 is 4.79 Å². The summed E-state index contributed by atoms with van der Waals surface area (Å²) in [6, 6.07) is 23.8. The molecule has 21 nitrogen and oxygen atoms in total. The monoisotopic (exact) mass is 1270 g/mol. The van der Waals surface area contributed by atoms with Gasteiger partial charge in [-0.15, -0.1) is 23.2 Å². The molecule has 0 aromatic heterocycles. The Kier molecular flexibility index (Phi) is 17.0. The van der Waals surface area contributed by atoms with Gasteiger partial charge in [0.25, 0.3) is 11.8 Å². The van der Waals surface area contributed by atoms with Crippen LogP contribution in [0.2, 0.25) is 0 Å². The van der Waals surface area contributed by atoms with Gasteiger partial charge in [0.2, 0.25) is 17.7 Å². The third kappa shape index (κ3) is 11.3. The van der Waals surface area contributed by atoms with Crippen molar-refractivity contribution in [2.45, 2.75) is 74.3 Å². The second-order valence-corrected chi connectivity index (χ2v) is 27.0. The molecule has 0 radical (unpaired) electrons. The van der Waals surface area contributed by atoms with Gasteiger partial charge in [-0.25, -0.2) is 18.9 Å². The molecule has 6 unspecified atom stereocenters. The van der Waals surface area contributed by atoms with Gasteiger partial charge >= 0.3 is 26.0 Å². The Hall–Kier alpha value is -6.85. The first-order valence-electron chi connectivity index (χ1n) is 28.0. The Morgan fingerprint density at radius 2 is 1.27 bits per heavy atom. The van der Waals surface area contributed by atoms with Crippen molar-refractivity contribution in [3.05, 3.63) is 114 Å². The third-order valence-corrected chi connectivity index (χ3v) is 21.2. The molecule has 452 valence electrons. The topological polar surface area (TPSA) is 270 Å². The van der Waals surface area contributed by atoms with E-state index in [9.17, 15) is 53.0 Å². The van der Waals surface area contributed by atoms with E-state index in [0.717, 1.165) is 26.3 Å². The molecule has 86 heavy (non-hydrogen) atoms. The van der Waals surface area contributed by atoms with Crippen LogP contribution in [0, 0.1) is 16.2 Å². The molecule has 4 N–H and O–H groups in total. The van der Waals surface area contributed by atoms with E-state index in [1.54, 1.807) is 72.4 Å². The quantitative estimate of drug-likeness (QED) is 0.0147. The number of hydrogen-bond acceptors (Lipinski definition) is 14. The average molecular weight is 1270 g/mol. The number of phosphoric acid groups is 1. The number of rotatable bonds is 24. The van der Waals surface area contributed by atoms with Gasteiger partial charge in [0.15, 0.2) is 0 Å². The van der Waals surface area contributed by atoms with E-state index in [1.807, 2.05) is 30.3 Å². The van der Waals surface area contributed by atoms with E-state index in [-0.39, 0.29) is 110 Å². The minimum atomic E-state index is -4.97. The van der Waals surface area contributed by atoms with E-state index < -0.39 is 54.2 Å². The van der Waals surface area contributed by atoms with Crippen molar-refractivity contribution in [1.82, 2.24) is 20.0 Å². The number of nitrogens with one attached hydrogen (secondary N) is 1. The van der Waals surface area contributed by atoms with Gasteiger partial charge in [-0.1, -0.05) is 88.7 Å². The number of carbonyl (C=O) groups is 8. The summed E-state index contributed by atoms with van der Waals surface area (Å²) in [5.41, 5.74) is 1.27. The lowest BCUT2D eigenvalue weighted by molar-refractivity contribution is -0.141. The maximum Gasteiger partial charge on any atom is 0.524 e. The molecule has 0 saturated heterocycles. The minimum absolute atomic E-state index is 0.0435. The number of benzene rings is 5. The second kappa shape index (κ2) is 24.0. The summed E-state index contributed by atoms with van der Waals surface area (Å²) < 4.78 is 28.9. The number of phosphoric ester groups is 1. The van der Waals surface area contributed by atoms with Crippen LogP contribution in [-0.4, -0.2) is 148 Å². The highest BCUT2D eigenvalue weighted by atomic mass is 35.5. The van der Waals surface area contributed by atoms with Crippen LogP contribution in [0.4, 0.5) is 21.0 Å². The number of nitrogens with zero attached hydrogens (tertiary/aromatic N) is 5. The number of carboxylic acids is 1. The van der Waals surface area contributed by atoms with Crippen LogP contribution in [0.5, 0.6) is 11.5 Å². The number of alkyl halides is 2. The number of imide groups is 1. The Labute approximate surface area is 512 Å². The molecule has 3 fully saturated rings. The van der Waals surface area contributed by atoms with Crippen LogP contribution in [0.15, 0.2) is 102 Å². The lowest BCUT2D eigenvalue weighted by atomic mass is 9.72. The predicted molar refractivity (Wildman–Crippen MR) is 323 cm³/mol. The molecular weight excluding hydrogens is 1210 g/mol. The Balaban J connectivity index is 0.664. The molecule has 3 saturated carbocycles. The molecule has 3 heterocycles. The number of likely N-dealkylation sites (N-methyl/N-ethyl adjacent to an activating group) is 2. The van der Waals surface area contributed by atoms with Gasteiger partial charge in [-0.3, -0.25) is 38.7 Å². The fraction of sp³-hybridized carbons (Fsp3) is 0.400. The van der Waals surface area contributed by atoms with Crippen molar-refractivity contribution >= 4 is 133 Å². The maximum absolute atomic E-state index is 15.1. The molecule has 5 aromatic rings. The fourth-order valence-electron chi connectivity index (χ4n) is 13.2. The summed E-state index contributed by atoms with van der Waals surface area (Å²) in [5.74, 6) is -2.38. The lowest BCUT2D eigenvalue weighted by Gasteiger charge is -2.37. The Morgan fingerprint density at radius 1 is 0.733 bits per heavy atom. The first-order chi connectivity index (χ1) is 41.1. The van der Waals surface area contributed by atoms with Crippen molar-refractivity contribution < 1.29 is 71.8 Å². The number of hydrogen-bond donors (Lipinski definition) is 4. The molecule has 7 amide bonds.